The molecule has 2 N–H and O–H groups in total. The molecule has 0 fully saturated rings. The van der Waals surface area contributed by atoms with E-state index in [1.54, 1.807) is 0 Å². The van der Waals surface area contributed by atoms with Gasteiger partial charge in [-0.15, -0.1) is 0 Å². The van der Waals surface area contributed by atoms with Crippen LogP contribution >= 0.6 is 0 Å². The van der Waals surface area contributed by atoms with Gasteiger partial charge in [-0.1, -0.05) is 0 Å². The third kappa shape index (κ3) is 1.24. The highest BCUT2D eigenvalue weighted by atomic mass is 16.4. The van der Waals surface area contributed by atoms with E-state index in [-0.39, 0.29) is 11.6 Å². The van der Waals surface area contributed by atoms with Crippen molar-refractivity contribution in [1.29, 1.82) is 0 Å². The molecule has 0 spiro atoms. The lowest BCUT2D eigenvalue weighted by molar-refractivity contribution is 0.438. The Morgan fingerprint density at radius 3 is 2.29 bits per heavy atom. The summed E-state index contributed by atoms with van der Waals surface area (Å²) in [6.07, 6.45) is 0.954. The highest BCUT2D eigenvalue weighted by Crippen LogP contribution is 2.16. The molecule has 72 valence electrons. The van der Waals surface area contributed by atoms with Gasteiger partial charge in [-0.3, -0.25) is 0 Å². The number of oxazole rings is 1. The van der Waals surface area contributed by atoms with Crippen molar-refractivity contribution in [2.45, 2.75) is 0 Å². The van der Waals surface area contributed by atoms with Gasteiger partial charge in [0.25, 0.3) is 0 Å². The van der Waals surface area contributed by atoms with Crippen LogP contribution in [-0.2, 0) is 0 Å². The fourth-order valence-corrected chi connectivity index (χ4v) is 1.14. The molecule has 1 aromatic heterocycles. The molecule has 0 radical (unpaired) electrons. The van der Waals surface area contributed by atoms with Crippen molar-refractivity contribution >= 4 is 0 Å². The molecule has 1 aromatic carbocycles. The van der Waals surface area contributed by atoms with Gasteiger partial charge in [0, 0.05) is 0 Å². The molecule has 0 bridgehead atoms. The molecule has 5 heteroatoms. The van der Waals surface area contributed by atoms with Crippen molar-refractivity contribution in [1.82, 2.24) is 4.57 Å². The molecule has 1 heterocycles. The Morgan fingerprint density at radius 1 is 1.14 bits per heavy atom. The first-order chi connectivity index (χ1) is 6.68. The maximum atomic E-state index is 11.1. The summed E-state index contributed by atoms with van der Waals surface area (Å²) in [7, 11) is 0. The molecule has 0 aliphatic rings. The van der Waals surface area contributed by atoms with E-state index < -0.39 is 5.76 Å². The van der Waals surface area contributed by atoms with E-state index in [1.807, 2.05) is 0 Å². The summed E-state index contributed by atoms with van der Waals surface area (Å²) in [5, 5.41) is 18.3. The number of hydrogen-bond donors (Lipinski definition) is 2. The van der Waals surface area contributed by atoms with Crippen LogP contribution < -0.4 is 5.76 Å². The zero-order chi connectivity index (χ0) is 10.1. The smallest absolute Gasteiger partial charge is 0.426 e. The number of rotatable bonds is 1. The molecule has 0 aliphatic carbocycles. The van der Waals surface area contributed by atoms with E-state index in [1.165, 1.54) is 24.3 Å². The summed E-state index contributed by atoms with van der Waals surface area (Å²) >= 11 is 0. The van der Waals surface area contributed by atoms with E-state index in [9.17, 15) is 9.90 Å². The van der Waals surface area contributed by atoms with Crippen molar-refractivity contribution < 1.29 is 14.6 Å². The average molecular weight is 193 g/mol. The van der Waals surface area contributed by atoms with Crippen LogP contribution in [0, 0.1) is 0 Å². The van der Waals surface area contributed by atoms with Crippen LogP contribution in [0.5, 0.6) is 11.6 Å². The van der Waals surface area contributed by atoms with Gasteiger partial charge in [-0.05, 0) is 24.3 Å². The zero-order valence-corrected chi connectivity index (χ0v) is 7.04. The van der Waals surface area contributed by atoms with Crippen LogP contribution in [0.4, 0.5) is 0 Å². The molecular formula is C9H7NO4. The standard InChI is InChI=1S/C9H7NO4/c11-7-3-1-6(2-4-7)10-8(12)5-14-9(10)13/h1-5,11-12H. The van der Waals surface area contributed by atoms with Gasteiger partial charge in [-0.25, -0.2) is 9.36 Å². The van der Waals surface area contributed by atoms with E-state index >= 15 is 0 Å². The van der Waals surface area contributed by atoms with Crippen LogP contribution in [0.1, 0.15) is 0 Å². The van der Waals surface area contributed by atoms with Crippen LogP contribution in [0.3, 0.4) is 0 Å². The predicted molar refractivity (Wildman–Crippen MR) is 47.6 cm³/mol. The van der Waals surface area contributed by atoms with Crippen molar-refractivity contribution in [3.8, 4) is 17.3 Å². The molecule has 2 rings (SSSR count). The predicted octanol–water partition coefficient (Wildman–Crippen LogP) is 0.842. The first-order valence-electron chi connectivity index (χ1n) is 3.87. The Kier molecular flexibility index (Phi) is 1.78. The fourth-order valence-electron chi connectivity index (χ4n) is 1.14. The van der Waals surface area contributed by atoms with Gasteiger partial charge in [0.05, 0.1) is 5.69 Å². The summed E-state index contributed by atoms with van der Waals surface area (Å²) < 4.78 is 5.46. The number of aromatic hydroxyl groups is 2. The van der Waals surface area contributed by atoms with Crippen molar-refractivity contribution in [2.75, 3.05) is 0 Å². The maximum absolute atomic E-state index is 11.1. The summed E-state index contributed by atoms with van der Waals surface area (Å²) in [6, 6.07) is 5.81. The maximum Gasteiger partial charge on any atom is 0.426 e. The van der Waals surface area contributed by atoms with Crippen LogP contribution in [0.25, 0.3) is 5.69 Å². The number of aromatic nitrogens is 1. The lowest BCUT2D eigenvalue weighted by atomic mass is 10.3. The quantitative estimate of drug-likeness (QED) is 0.703. The molecule has 0 atom stereocenters. The Labute approximate surface area is 78.5 Å². The molecule has 14 heavy (non-hydrogen) atoms. The Morgan fingerprint density at radius 2 is 1.79 bits per heavy atom. The van der Waals surface area contributed by atoms with Crippen molar-refractivity contribution in [3.63, 3.8) is 0 Å². The third-order valence-electron chi connectivity index (χ3n) is 1.78. The van der Waals surface area contributed by atoms with Gasteiger partial charge < -0.3 is 14.6 Å². The lowest BCUT2D eigenvalue weighted by Gasteiger charge is -2.00. The lowest BCUT2D eigenvalue weighted by Crippen LogP contribution is -2.10. The minimum Gasteiger partial charge on any atom is -0.508 e. The first-order valence-corrected chi connectivity index (χ1v) is 3.87. The van der Waals surface area contributed by atoms with Gasteiger partial charge in [-0.2, -0.15) is 0 Å². The minimum atomic E-state index is -0.673. The first kappa shape index (κ1) is 8.43. The monoisotopic (exact) mass is 193 g/mol. The molecule has 0 aliphatic heterocycles. The van der Waals surface area contributed by atoms with Crippen LogP contribution in [0.2, 0.25) is 0 Å². The Balaban J connectivity index is 2.60. The molecule has 2 aromatic rings. The molecule has 0 saturated carbocycles. The number of phenolic OH excluding ortho intramolecular Hbond substituents is 1. The Hall–Kier alpha value is -2.17. The highest BCUT2D eigenvalue weighted by Gasteiger charge is 2.08. The SMILES string of the molecule is O=c1occ(O)n1-c1ccc(O)cc1. The van der Waals surface area contributed by atoms with E-state index in [0.717, 1.165) is 10.8 Å². The van der Waals surface area contributed by atoms with E-state index in [0.29, 0.717) is 5.69 Å². The summed E-state index contributed by atoms with van der Waals surface area (Å²) in [4.78, 5) is 11.1. The third-order valence-corrected chi connectivity index (χ3v) is 1.78. The van der Waals surface area contributed by atoms with Gasteiger partial charge in [0.1, 0.15) is 5.75 Å². The Bertz CT molecular complexity index is 494. The van der Waals surface area contributed by atoms with Gasteiger partial charge in [0.2, 0.25) is 5.88 Å². The number of phenols is 1. The summed E-state index contributed by atoms with van der Waals surface area (Å²) in [5.41, 5.74) is 0.430. The number of nitrogens with zero attached hydrogens (tertiary/aromatic N) is 1. The summed E-state index contributed by atoms with van der Waals surface area (Å²) in [5.74, 6) is -0.862. The van der Waals surface area contributed by atoms with E-state index in [2.05, 4.69) is 4.42 Å². The summed E-state index contributed by atoms with van der Waals surface area (Å²) in [6.45, 7) is 0. The second kappa shape index (κ2) is 2.95. The van der Waals surface area contributed by atoms with Crippen LogP contribution in [-0.4, -0.2) is 14.8 Å². The highest BCUT2D eigenvalue weighted by molar-refractivity contribution is 5.38. The second-order valence-electron chi connectivity index (χ2n) is 2.71. The van der Waals surface area contributed by atoms with Crippen molar-refractivity contribution in [3.05, 3.63) is 41.1 Å². The average Bonchev–Trinajstić information content (AvgIpc) is 2.49. The topological polar surface area (TPSA) is 75.6 Å². The number of hydrogen-bond acceptors (Lipinski definition) is 4. The second-order valence-corrected chi connectivity index (χ2v) is 2.71. The molecule has 0 saturated heterocycles. The molecule has 0 amide bonds. The van der Waals surface area contributed by atoms with Gasteiger partial charge in [0.15, 0.2) is 6.26 Å². The van der Waals surface area contributed by atoms with Crippen molar-refractivity contribution in [2.24, 2.45) is 0 Å². The number of benzene rings is 1. The largest absolute Gasteiger partial charge is 0.508 e. The normalized spacial score (nSPS) is 10.3. The van der Waals surface area contributed by atoms with E-state index in [4.69, 9.17) is 5.11 Å². The molecular weight excluding hydrogens is 186 g/mol. The molecule has 0 unspecified atom stereocenters. The molecule has 5 nitrogen and oxygen atoms in total. The van der Waals surface area contributed by atoms with Crippen LogP contribution in [0.15, 0.2) is 39.7 Å². The van der Waals surface area contributed by atoms with Gasteiger partial charge >= 0.3 is 5.76 Å². The zero-order valence-electron chi connectivity index (χ0n) is 7.04. The fraction of sp³-hybridized carbons (Fsp3) is 0. The minimum absolute atomic E-state index is 0.0878.